The molecule has 0 saturated heterocycles. The van der Waals surface area contributed by atoms with E-state index in [0.717, 1.165) is 37.0 Å². The molecule has 154 valence electrons. The third-order valence-corrected chi connectivity index (χ3v) is 9.20. The second-order valence-electron chi connectivity index (χ2n) is 10.3. The van der Waals surface area contributed by atoms with Crippen molar-refractivity contribution >= 4 is 15.7 Å². The second kappa shape index (κ2) is 6.05. The highest BCUT2D eigenvalue weighted by atomic mass is 32.2. The van der Waals surface area contributed by atoms with Crippen molar-refractivity contribution in [1.82, 2.24) is 4.83 Å². The van der Waals surface area contributed by atoms with Gasteiger partial charge < -0.3 is 5.11 Å². The molecule has 0 unspecified atom stereocenters. The summed E-state index contributed by atoms with van der Waals surface area (Å²) in [5.74, 6) is 0.457. The van der Waals surface area contributed by atoms with Gasteiger partial charge in [0.15, 0.2) is 0 Å². The van der Waals surface area contributed by atoms with E-state index in [-0.39, 0.29) is 33.2 Å². The maximum Gasteiger partial charge on any atom is 0.276 e. The number of fused-ring (bicyclic) bond motifs is 5. The predicted molar refractivity (Wildman–Crippen MR) is 110 cm³/mol. The molecular weight excluding hydrogens is 372 g/mol. The van der Waals surface area contributed by atoms with Crippen molar-refractivity contribution in [3.63, 3.8) is 0 Å². The number of benzene rings is 1. The van der Waals surface area contributed by atoms with Gasteiger partial charge in [-0.2, -0.15) is 13.5 Å². The van der Waals surface area contributed by atoms with Crippen LogP contribution in [0.4, 0.5) is 0 Å². The molecule has 2 bridgehead atoms. The van der Waals surface area contributed by atoms with Crippen LogP contribution in [0.3, 0.4) is 0 Å². The van der Waals surface area contributed by atoms with Gasteiger partial charge >= 0.3 is 0 Å². The highest BCUT2D eigenvalue weighted by molar-refractivity contribution is 7.89. The summed E-state index contributed by atoms with van der Waals surface area (Å²) in [7, 11) is -3.71. The van der Waals surface area contributed by atoms with Crippen molar-refractivity contribution in [3.8, 4) is 0 Å². The van der Waals surface area contributed by atoms with Gasteiger partial charge in [-0.15, -0.1) is 0 Å². The van der Waals surface area contributed by atoms with Crippen molar-refractivity contribution in [2.24, 2.45) is 33.2 Å². The lowest BCUT2D eigenvalue weighted by Gasteiger charge is -2.44. The predicted octanol–water partition coefficient (Wildman–Crippen LogP) is 3.86. The third-order valence-electron chi connectivity index (χ3n) is 7.98. The summed E-state index contributed by atoms with van der Waals surface area (Å²) in [6, 6.07) is 6.79. The molecule has 28 heavy (non-hydrogen) atoms. The Morgan fingerprint density at radius 3 is 2.32 bits per heavy atom. The number of hydrogen-bond acceptors (Lipinski definition) is 4. The number of aliphatic hydroxyl groups is 1. The Bertz CT molecular complexity index is 922. The zero-order chi connectivity index (χ0) is 20.5. The standard InChI is InChI=1S/C22H32N2O3S/c1-14-7-9-15(10-8-14)28(26,27)24-23-18-17-16(13-20(18,2)3)21(4)11-6-12-22(17,5)19(21)25/h7-10,16-17,19,24-25H,6,11-13H2,1-5H3/b23-18-/t16-,17-,19-,21+,22+/m1/s1. The number of sulfonamides is 1. The fraction of sp³-hybridized carbons (Fsp3) is 0.682. The molecular formula is C22H32N2O3S. The zero-order valence-electron chi connectivity index (χ0n) is 17.5. The molecule has 2 N–H and O–H groups in total. The van der Waals surface area contributed by atoms with E-state index in [4.69, 9.17) is 0 Å². The van der Waals surface area contributed by atoms with E-state index >= 15 is 0 Å². The number of nitrogens with one attached hydrogen (secondary N) is 1. The number of hydrogen-bond donors (Lipinski definition) is 2. The van der Waals surface area contributed by atoms with E-state index in [1.807, 2.05) is 6.92 Å². The fourth-order valence-electron chi connectivity index (χ4n) is 6.46. The van der Waals surface area contributed by atoms with Crippen molar-refractivity contribution in [2.45, 2.75) is 71.3 Å². The lowest BCUT2D eigenvalue weighted by atomic mass is 9.63. The Hall–Kier alpha value is -1.40. The molecule has 3 saturated carbocycles. The molecule has 0 spiro atoms. The summed E-state index contributed by atoms with van der Waals surface area (Å²) in [5, 5.41) is 15.7. The topological polar surface area (TPSA) is 78.8 Å². The van der Waals surface area contributed by atoms with Crippen LogP contribution in [-0.2, 0) is 10.0 Å². The molecule has 0 aliphatic heterocycles. The Morgan fingerprint density at radius 2 is 1.68 bits per heavy atom. The summed E-state index contributed by atoms with van der Waals surface area (Å²) in [4.78, 5) is 2.73. The monoisotopic (exact) mass is 404 g/mol. The normalized spacial score (nSPS) is 40.5. The molecule has 0 aromatic heterocycles. The van der Waals surface area contributed by atoms with E-state index < -0.39 is 10.0 Å². The first kappa shape index (κ1) is 19.9. The summed E-state index contributed by atoms with van der Waals surface area (Å²) < 4.78 is 25.5. The van der Waals surface area contributed by atoms with Crippen LogP contribution >= 0.6 is 0 Å². The van der Waals surface area contributed by atoms with Gasteiger partial charge in [-0.1, -0.05) is 51.8 Å². The second-order valence-corrected chi connectivity index (χ2v) is 12.0. The molecule has 1 aromatic carbocycles. The number of nitrogens with zero attached hydrogens (tertiary/aromatic N) is 1. The van der Waals surface area contributed by atoms with Gasteiger partial charge in [0.25, 0.3) is 10.0 Å². The molecule has 3 aliphatic carbocycles. The minimum atomic E-state index is -3.71. The molecule has 6 heteroatoms. The zero-order valence-corrected chi connectivity index (χ0v) is 18.3. The van der Waals surface area contributed by atoms with Crippen molar-refractivity contribution < 1.29 is 13.5 Å². The molecule has 0 radical (unpaired) electrons. The molecule has 3 aliphatic rings. The van der Waals surface area contributed by atoms with Gasteiger partial charge in [-0.25, -0.2) is 4.83 Å². The van der Waals surface area contributed by atoms with E-state index in [0.29, 0.717) is 5.92 Å². The number of rotatable bonds is 3. The third kappa shape index (κ3) is 2.67. The largest absolute Gasteiger partial charge is 0.392 e. The van der Waals surface area contributed by atoms with Crippen LogP contribution in [0.5, 0.6) is 0 Å². The van der Waals surface area contributed by atoms with Crippen LogP contribution in [0.1, 0.15) is 58.9 Å². The average Bonchev–Trinajstić information content (AvgIpc) is 2.92. The minimum Gasteiger partial charge on any atom is -0.392 e. The van der Waals surface area contributed by atoms with Gasteiger partial charge in [0.1, 0.15) is 0 Å². The van der Waals surface area contributed by atoms with Gasteiger partial charge in [0.05, 0.1) is 11.0 Å². The first-order valence-electron chi connectivity index (χ1n) is 10.3. The van der Waals surface area contributed by atoms with Crippen molar-refractivity contribution in [1.29, 1.82) is 0 Å². The van der Waals surface area contributed by atoms with Crippen LogP contribution in [-0.4, -0.2) is 25.3 Å². The quantitative estimate of drug-likeness (QED) is 0.751. The Kier molecular flexibility index (Phi) is 4.30. The maximum atomic E-state index is 12.8. The van der Waals surface area contributed by atoms with Crippen molar-refractivity contribution in [2.75, 3.05) is 0 Å². The van der Waals surface area contributed by atoms with E-state index in [1.54, 1.807) is 24.3 Å². The number of aliphatic hydroxyl groups excluding tert-OH is 1. The van der Waals surface area contributed by atoms with E-state index in [1.165, 1.54) is 0 Å². The summed E-state index contributed by atoms with van der Waals surface area (Å²) in [5.41, 5.74) is 1.38. The average molecular weight is 405 g/mol. The molecule has 5 atom stereocenters. The van der Waals surface area contributed by atoms with Gasteiger partial charge in [-0.3, -0.25) is 0 Å². The van der Waals surface area contributed by atoms with Crippen LogP contribution < -0.4 is 4.83 Å². The van der Waals surface area contributed by atoms with Gasteiger partial charge in [0.2, 0.25) is 0 Å². The van der Waals surface area contributed by atoms with Crippen LogP contribution in [0.15, 0.2) is 34.3 Å². The van der Waals surface area contributed by atoms with Crippen LogP contribution in [0.2, 0.25) is 0 Å². The highest BCUT2D eigenvalue weighted by Gasteiger charge is 2.70. The van der Waals surface area contributed by atoms with Gasteiger partial charge in [-0.05, 0) is 49.7 Å². The number of aryl methyl sites for hydroxylation is 1. The number of hydrazone groups is 1. The molecule has 5 nitrogen and oxygen atoms in total. The molecule has 0 heterocycles. The van der Waals surface area contributed by atoms with E-state index in [9.17, 15) is 13.5 Å². The Labute approximate surface area is 168 Å². The lowest BCUT2D eigenvalue weighted by Crippen LogP contribution is -2.46. The first-order valence-corrected chi connectivity index (χ1v) is 11.7. The molecule has 4 rings (SSSR count). The lowest BCUT2D eigenvalue weighted by molar-refractivity contribution is -0.0578. The highest BCUT2D eigenvalue weighted by Crippen LogP contribution is 2.70. The minimum absolute atomic E-state index is 0.109. The maximum absolute atomic E-state index is 12.8. The molecule has 0 amide bonds. The smallest absolute Gasteiger partial charge is 0.276 e. The summed E-state index contributed by atoms with van der Waals surface area (Å²) in [6.45, 7) is 10.6. The SMILES string of the molecule is Cc1ccc(S(=O)(=O)N/N=C2/[C@H]3[C@@H](CC2(C)C)[C@]2(C)CCC[C@]3(C)[C@@H]2O)cc1. The first-order chi connectivity index (χ1) is 12.9. The van der Waals surface area contributed by atoms with Crippen LogP contribution in [0.25, 0.3) is 0 Å². The molecule has 3 fully saturated rings. The summed E-state index contributed by atoms with van der Waals surface area (Å²) >= 11 is 0. The fourth-order valence-corrected chi connectivity index (χ4v) is 7.28. The van der Waals surface area contributed by atoms with Crippen molar-refractivity contribution in [3.05, 3.63) is 29.8 Å². The van der Waals surface area contributed by atoms with E-state index in [2.05, 4.69) is 37.6 Å². The Morgan fingerprint density at radius 1 is 1.07 bits per heavy atom. The Balaban J connectivity index is 1.71. The van der Waals surface area contributed by atoms with Crippen LogP contribution in [0, 0.1) is 35.0 Å². The molecule has 1 aromatic rings. The van der Waals surface area contributed by atoms with Gasteiger partial charge in [0, 0.05) is 22.5 Å². The summed E-state index contributed by atoms with van der Waals surface area (Å²) in [6.07, 6.45) is 3.68.